The van der Waals surface area contributed by atoms with Crippen molar-refractivity contribution in [2.75, 3.05) is 5.43 Å². The molecule has 156 valence electrons. The van der Waals surface area contributed by atoms with Crippen molar-refractivity contribution in [2.24, 2.45) is 0 Å². The summed E-state index contributed by atoms with van der Waals surface area (Å²) in [5.74, 6) is -2.68. The highest BCUT2D eigenvalue weighted by Crippen LogP contribution is 2.34. The number of hydrogen-bond donors (Lipinski definition) is 2. The van der Waals surface area contributed by atoms with Gasteiger partial charge in [0.15, 0.2) is 4.32 Å². The summed E-state index contributed by atoms with van der Waals surface area (Å²) in [6.45, 7) is 0. The number of carbonyl (C=O) groups is 2. The Morgan fingerprint density at radius 2 is 1.94 bits per heavy atom. The number of thioether (sulfide) groups is 1. The lowest BCUT2D eigenvalue weighted by molar-refractivity contribution is -0.121. The molecule has 31 heavy (non-hydrogen) atoms. The van der Waals surface area contributed by atoms with Gasteiger partial charge in [0.1, 0.15) is 23.2 Å². The predicted molar refractivity (Wildman–Crippen MR) is 116 cm³/mol. The topological polar surface area (TPSA) is 82.8 Å². The Bertz CT molecular complexity index is 1260. The number of carbonyl (C=O) groups excluding carboxylic acids is 1. The highest BCUT2D eigenvalue weighted by molar-refractivity contribution is 8.26. The van der Waals surface area contributed by atoms with Crippen molar-refractivity contribution in [1.29, 1.82) is 0 Å². The summed E-state index contributed by atoms with van der Waals surface area (Å²) in [6, 6.07) is 12.3. The predicted octanol–water partition coefficient (Wildman–Crippen LogP) is 5.15. The zero-order valence-corrected chi connectivity index (χ0v) is 17.1. The molecule has 4 rings (SSSR count). The number of furan rings is 1. The molecule has 0 spiro atoms. The maximum Gasteiger partial charge on any atom is 0.337 e. The van der Waals surface area contributed by atoms with Gasteiger partial charge >= 0.3 is 5.97 Å². The lowest BCUT2D eigenvalue weighted by Gasteiger charge is -2.18. The van der Waals surface area contributed by atoms with Crippen LogP contribution in [0.3, 0.4) is 0 Å². The molecule has 0 bridgehead atoms. The fourth-order valence-electron chi connectivity index (χ4n) is 2.85. The van der Waals surface area contributed by atoms with E-state index in [0.717, 1.165) is 28.9 Å². The number of nitrogens with one attached hydrogen (secondary N) is 1. The monoisotopic (exact) mass is 458 g/mol. The minimum Gasteiger partial charge on any atom is -0.478 e. The zero-order chi connectivity index (χ0) is 22.1. The normalized spacial score (nSPS) is 15.0. The number of halogens is 2. The van der Waals surface area contributed by atoms with E-state index < -0.39 is 23.5 Å². The Kier molecular flexibility index (Phi) is 5.57. The van der Waals surface area contributed by atoms with Gasteiger partial charge < -0.3 is 9.52 Å². The second-order valence-electron chi connectivity index (χ2n) is 6.31. The van der Waals surface area contributed by atoms with Crippen LogP contribution < -0.4 is 5.43 Å². The molecule has 3 aromatic rings. The molecule has 0 atom stereocenters. The van der Waals surface area contributed by atoms with Gasteiger partial charge in [0.25, 0.3) is 5.91 Å². The van der Waals surface area contributed by atoms with Crippen molar-refractivity contribution in [1.82, 2.24) is 5.01 Å². The van der Waals surface area contributed by atoms with Crippen LogP contribution >= 0.6 is 24.0 Å². The molecule has 1 saturated heterocycles. The van der Waals surface area contributed by atoms with E-state index >= 15 is 0 Å². The van der Waals surface area contributed by atoms with E-state index in [0.29, 0.717) is 0 Å². The van der Waals surface area contributed by atoms with Gasteiger partial charge in [0, 0.05) is 12.1 Å². The van der Waals surface area contributed by atoms with Crippen molar-refractivity contribution in [3.8, 4) is 11.3 Å². The maximum absolute atomic E-state index is 14.0. The lowest BCUT2D eigenvalue weighted by atomic mass is 10.1. The van der Waals surface area contributed by atoms with Gasteiger partial charge in [0.2, 0.25) is 0 Å². The standard InChI is InChI=1S/C21H12F2N2O4S2/c22-11-5-7-13(15(23)9-11)17-8-6-12(29-17)10-18-19(26)25(21(30)31-18)24-16-4-2-1-3-14(16)20(27)28/h1-10,24H,(H,27,28)/b18-10+. The number of thiocarbonyl (C=S) groups is 1. The summed E-state index contributed by atoms with van der Waals surface area (Å²) in [7, 11) is 0. The Balaban J connectivity index is 1.57. The molecule has 0 saturated carbocycles. The lowest BCUT2D eigenvalue weighted by Crippen LogP contribution is -2.34. The maximum atomic E-state index is 14.0. The first-order chi connectivity index (χ1) is 14.8. The van der Waals surface area contributed by atoms with E-state index in [1.54, 1.807) is 12.1 Å². The van der Waals surface area contributed by atoms with Crippen molar-refractivity contribution in [3.05, 3.63) is 82.5 Å². The molecule has 1 amide bonds. The summed E-state index contributed by atoms with van der Waals surface area (Å²) < 4.78 is 32.8. The highest BCUT2D eigenvalue weighted by Gasteiger charge is 2.33. The quantitative estimate of drug-likeness (QED) is 0.404. The summed E-state index contributed by atoms with van der Waals surface area (Å²) in [5, 5.41) is 10.4. The second kappa shape index (κ2) is 8.32. The fourth-order valence-corrected chi connectivity index (χ4v) is 4.00. The molecular formula is C21H12F2N2O4S2. The van der Waals surface area contributed by atoms with Crippen LogP contribution in [-0.2, 0) is 4.79 Å². The van der Waals surface area contributed by atoms with Crippen LogP contribution in [0.25, 0.3) is 17.4 Å². The van der Waals surface area contributed by atoms with Crippen LogP contribution in [0, 0.1) is 11.6 Å². The smallest absolute Gasteiger partial charge is 0.337 e. The number of hydrazine groups is 1. The van der Waals surface area contributed by atoms with Gasteiger partial charge in [-0.3, -0.25) is 10.2 Å². The zero-order valence-electron chi connectivity index (χ0n) is 15.5. The van der Waals surface area contributed by atoms with E-state index in [1.165, 1.54) is 36.4 Å². The summed E-state index contributed by atoms with van der Waals surface area (Å²) in [6.07, 6.45) is 1.44. The van der Waals surface area contributed by atoms with Crippen LogP contribution in [0.5, 0.6) is 0 Å². The molecule has 1 aliphatic heterocycles. The van der Waals surface area contributed by atoms with Gasteiger partial charge in [-0.25, -0.2) is 18.6 Å². The third-order valence-electron chi connectivity index (χ3n) is 4.28. The van der Waals surface area contributed by atoms with Crippen LogP contribution in [0.2, 0.25) is 0 Å². The van der Waals surface area contributed by atoms with E-state index in [9.17, 15) is 23.5 Å². The number of hydrogen-bond acceptors (Lipinski definition) is 6. The van der Waals surface area contributed by atoms with Crippen LogP contribution in [0.1, 0.15) is 16.1 Å². The van der Waals surface area contributed by atoms with Crippen molar-refractivity contribution in [2.45, 2.75) is 0 Å². The minimum atomic E-state index is -1.15. The number of aromatic carboxylic acids is 1. The number of benzene rings is 2. The number of anilines is 1. The number of amides is 1. The van der Waals surface area contributed by atoms with E-state index in [4.69, 9.17) is 16.6 Å². The van der Waals surface area contributed by atoms with E-state index in [1.807, 2.05) is 0 Å². The molecule has 1 aromatic heterocycles. The first kappa shape index (κ1) is 20.8. The van der Waals surface area contributed by atoms with Crippen molar-refractivity contribution < 1.29 is 27.9 Å². The molecule has 2 N–H and O–H groups in total. The van der Waals surface area contributed by atoms with E-state index in [-0.39, 0.29) is 37.6 Å². The second-order valence-corrected chi connectivity index (χ2v) is 7.98. The highest BCUT2D eigenvalue weighted by atomic mass is 32.2. The number of carboxylic acids is 1. The van der Waals surface area contributed by atoms with Gasteiger partial charge in [-0.05, 0) is 48.6 Å². The molecule has 0 unspecified atom stereocenters. The number of nitrogens with zero attached hydrogens (tertiary/aromatic N) is 1. The number of para-hydroxylation sites is 1. The Labute approximate surface area is 184 Å². The van der Waals surface area contributed by atoms with Crippen molar-refractivity contribution in [3.63, 3.8) is 0 Å². The summed E-state index contributed by atoms with van der Waals surface area (Å²) >= 11 is 6.23. The van der Waals surface area contributed by atoms with Gasteiger partial charge in [-0.2, -0.15) is 0 Å². The van der Waals surface area contributed by atoms with Crippen LogP contribution in [0.15, 0.2) is 63.9 Å². The van der Waals surface area contributed by atoms with Gasteiger partial charge in [-0.1, -0.05) is 23.9 Å². The molecule has 2 aromatic carbocycles. The molecule has 1 aliphatic rings. The van der Waals surface area contributed by atoms with Crippen molar-refractivity contribution >= 4 is 51.9 Å². The van der Waals surface area contributed by atoms with Crippen LogP contribution in [-0.4, -0.2) is 26.3 Å². The van der Waals surface area contributed by atoms with Crippen LogP contribution in [0.4, 0.5) is 14.5 Å². The largest absolute Gasteiger partial charge is 0.478 e. The SMILES string of the molecule is O=C(O)c1ccccc1NN1C(=O)/C(=C\c2ccc(-c3ccc(F)cc3F)o2)SC1=S. The molecule has 2 heterocycles. The Morgan fingerprint density at radius 3 is 2.68 bits per heavy atom. The molecule has 1 fully saturated rings. The molecule has 6 nitrogen and oxygen atoms in total. The fraction of sp³-hybridized carbons (Fsp3) is 0. The minimum absolute atomic E-state index is 0.0162. The number of carboxylic acid groups (broad SMARTS) is 1. The van der Waals surface area contributed by atoms with Gasteiger partial charge in [-0.15, -0.1) is 0 Å². The molecule has 10 heteroatoms. The van der Waals surface area contributed by atoms with Gasteiger partial charge in [0.05, 0.1) is 21.7 Å². The summed E-state index contributed by atoms with van der Waals surface area (Å²) in [4.78, 5) is 24.4. The average molecular weight is 458 g/mol. The number of rotatable bonds is 5. The molecule has 0 radical (unpaired) electrons. The summed E-state index contributed by atoms with van der Waals surface area (Å²) in [5.41, 5.74) is 3.01. The first-order valence-electron chi connectivity index (χ1n) is 8.75. The Hall–Kier alpha value is -3.50. The first-order valence-corrected chi connectivity index (χ1v) is 9.98. The Morgan fingerprint density at radius 1 is 1.16 bits per heavy atom. The third kappa shape index (κ3) is 4.21. The molecular weight excluding hydrogens is 446 g/mol. The third-order valence-corrected chi connectivity index (χ3v) is 5.58. The average Bonchev–Trinajstić information content (AvgIpc) is 3.28. The van der Waals surface area contributed by atoms with E-state index in [2.05, 4.69) is 5.43 Å². The molecule has 0 aliphatic carbocycles.